The summed E-state index contributed by atoms with van der Waals surface area (Å²) in [6.45, 7) is 6.03. The number of esters is 2. The number of carbonyl (C=O) groups is 3. The van der Waals surface area contributed by atoms with E-state index < -0.39 is 0 Å². The number of rotatable bonds is 13. The molecule has 138 valence electrons. The van der Waals surface area contributed by atoms with Crippen molar-refractivity contribution in [1.82, 2.24) is 0 Å². The van der Waals surface area contributed by atoms with Gasteiger partial charge in [-0.05, 0) is 52.9 Å². The number of nitrogens with two attached hydrogens (primary N) is 1. The Labute approximate surface area is 144 Å². The van der Waals surface area contributed by atoms with Crippen molar-refractivity contribution in [1.29, 1.82) is 0 Å². The van der Waals surface area contributed by atoms with Gasteiger partial charge in [-0.2, -0.15) is 0 Å². The molecule has 0 fully saturated rings. The maximum absolute atomic E-state index is 12.2. The Hall–Kier alpha value is -1.85. The predicted octanol–water partition coefficient (Wildman–Crippen LogP) is 3.04. The number of unbranched alkanes of at least 4 members (excludes halogenated alkanes) is 2. The SMILES string of the molecule is CCOC(=O)CCCCC(=O)C(CCCCC(=O)OCC)=C(C)N. The molecule has 0 unspecified atom stereocenters. The van der Waals surface area contributed by atoms with E-state index in [1.807, 2.05) is 0 Å². The van der Waals surface area contributed by atoms with Crippen molar-refractivity contribution < 1.29 is 23.9 Å². The Kier molecular flexibility index (Phi) is 12.5. The number of hydrogen-bond acceptors (Lipinski definition) is 6. The van der Waals surface area contributed by atoms with Crippen LogP contribution < -0.4 is 5.73 Å². The lowest BCUT2D eigenvalue weighted by Crippen LogP contribution is -2.10. The van der Waals surface area contributed by atoms with Gasteiger partial charge in [0, 0.05) is 30.5 Å². The first-order valence-electron chi connectivity index (χ1n) is 8.72. The van der Waals surface area contributed by atoms with Crippen LogP contribution in [-0.4, -0.2) is 30.9 Å². The third kappa shape index (κ3) is 10.8. The Balaban J connectivity index is 4.09. The fourth-order valence-corrected chi connectivity index (χ4v) is 2.30. The Morgan fingerprint density at radius 2 is 1.17 bits per heavy atom. The topological polar surface area (TPSA) is 95.7 Å². The molecule has 0 aliphatic heterocycles. The zero-order chi connectivity index (χ0) is 18.4. The van der Waals surface area contributed by atoms with Gasteiger partial charge in [0.2, 0.25) is 0 Å². The summed E-state index contributed by atoms with van der Waals surface area (Å²) < 4.78 is 9.71. The third-order valence-electron chi connectivity index (χ3n) is 3.52. The lowest BCUT2D eigenvalue weighted by Gasteiger charge is -2.09. The van der Waals surface area contributed by atoms with Crippen LogP contribution in [0.3, 0.4) is 0 Å². The summed E-state index contributed by atoms with van der Waals surface area (Å²) in [4.78, 5) is 34.7. The van der Waals surface area contributed by atoms with E-state index in [9.17, 15) is 14.4 Å². The Morgan fingerprint density at radius 3 is 1.58 bits per heavy atom. The van der Waals surface area contributed by atoms with E-state index in [1.54, 1.807) is 20.8 Å². The smallest absolute Gasteiger partial charge is 0.305 e. The zero-order valence-corrected chi connectivity index (χ0v) is 15.2. The van der Waals surface area contributed by atoms with Crippen LogP contribution >= 0.6 is 0 Å². The normalized spacial score (nSPS) is 11.6. The molecule has 0 heterocycles. The molecule has 0 saturated carbocycles. The molecule has 0 aromatic rings. The average molecular weight is 341 g/mol. The molecule has 0 aliphatic carbocycles. The number of hydrogen-bond donors (Lipinski definition) is 1. The van der Waals surface area contributed by atoms with E-state index in [0.29, 0.717) is 69.4 Å². The van der Waals surface area contributed by atoms with Crippen molar-refractivity contribution in [2.24, 2.45) is 5.73 Å². The molecule has 6 nitrogen and oxygen atoms in total. The van der Waals surface area contributed by atoms with Gasteiger partial charge in [-0.15, -0.1) is 0 Å². The van der Waals surface area contributed by atoms with Crippen LogP contribution in [0.4, 0.5) is 0 Å². The summed E-state index contributed by atoms with van der Waals surface area (Å²) >= 11 is 0. The van der Waals surface area contributed by atoms with Crippen molar-refractivity contribution in [2.75, 3.05) is 13.2 Å². The van der Waals surface area contributed by atoms with E-state index in [1.165, 1.54) is 0 Å². The van der Waals surface area contributed by atoms with Crippen LogP contribution in [0.1, 0.15) is 72.1 Å². The van der Waals surface area contributed by atoms with Gasteiger partial charge in [-0.25, -0.2) is 0 Å². The number of allylic oxidation sites excluding steroid dienone is 2. The molecular formula is C18H31NO5. The Morgan fingerprint density at radius 1 is 0.750 bits per heavy atom. The van der Waals surface area contributed by atoms with E-state index in [2.05, 4.69) is 0 Å². The second-order valence-corrected chi connectivity index (χ2v) is 5.61. The summed E-state index contributed by atoms with van der Waals surface area (Å²) in [5.74, 6) is -0.414. The molecule has 0 radical (unpaired) electrons. The van der Waals surface area contributed by atoms with Crippen molar-refractivity contribution in [3.8, 4) is 0 Å². The largest absolute Gasteiger partial charge is 0.466 e. The van der Waals surface area contributed by atoms with Crippen molar-refractivity contribution in [3.05, 3.63) is 11.3 Å². The summed E-state index contributed by atoms with van der Waals surface area (Å²) in [6.07, 6.45) is 4.30. The maximum atomic E-state index is 12.2. The zero-order valence-electron chi connectivity index (χ0n) is 15.2. The second kappa shape index (κ2) is 13.6. The van der Waals surface area contributed by atoms with Gasteiger partial charge in [-0.3, -0.25) is 14.4 Å². The first kappa shape index (κ1) is 22.1. The summed E-state index contributed by atoms with van der Waals surface area (Å²) in [7, 11) is 0. The van der Waals surface area contributed by atoms with Crippen LogP contribution in [0.5, 0.6) is 0 Å². The molecular weight excluding hydrogens is 310 g/mol. The third-order valence-corrected chi connectivity index (χ3v) is 3.52. The van der Waals surface area contributed by atoms with E-state index in [0.717, 1.165) is 6.42 Å². The molecule has 0 saturated heterocycles. The highest BCUT2D eigenvalue weighted by atomic mass is 16.5. The van der Waals surface area contributed by atoms with Crippen LogP contribution in [0, 0.1) is 0 Å². The quantitative estimate of drug-likeness (QED) is 0.314. The van der Waals surface area contributed by atoms with Gasteiger partial charge in [0.05, 0.1) is 13.2 Å². The van der Waals surface area contributed by atoms with Crippen molar-refractivity contribution in [3.63, 3.8) is 0 Å². The summed E-state index contributed by atoms with van der Waals surface area (Å²) in [5.41, 5.74) is 6.98. The molecule has 0 aliphatic rings. The predicted molar refractivity (Wildman–Crippen MR) is 92.1 cm³/mol. The lowest BCUT2D eigenvalue weighted by molar-refractivity contribution is -0.144. The van der Waals surface area contributed by atoms with Crippen LogP contribution in [-0.2, 0) is 23.9 Å². The monoisotopic (exact) mass is 341 g/mol. The molecule has 0 bridgehead atoms. The first-order chi connectivity index (χ1) is 11.4. The minimum Gasteiger partial charge on any atom is -0.466 e. The number of carbonyl (C=O) groups excluding carboxylic acids is 3. The lowest BCUT2D eigenvalue weighted by atomic mass is 9.98. The number of Topliss-reactive ketones (excluding diaryl/α,β-unsaturated/α-hetero) is 1. The minimum atomic E-state index is -0.227. The molecule has 0 aromatic heterocycles. The maximum Gasteiger partial charge on any atom is 0.305 e. The average Bonchev–Trinajstić information content (AvgIpc) is 2.51. The van der Waals surface area contributed by atoms with Gasteiger partial charge in [0.25, 0.3) is 0 Å². The highest BCUT2D eigenvalue weighted by Crippen LogP contribution is 2.16. The molecule has 0 spiro atoms. The fraction of sp³-hybridized carbons (Fsp3) is 0.722. The summed E-state index contributed by atoms with van der Waals surface area (Å²) in [6, 6.07) is 0. The highest BCUT2D eigenvalue weighted by Gasteiger charge is 2.13. The second-order valence-electron chi connectivity index (χ2n) is 5.61. The number of ketones is 1. The minimum absolute atomic E-state index is 0.0231. The Bertz CT molecular complexity index is 439. The summed E-state index contributed by atoms with van der Waals surface area (Å²) in [5, 5.41) is 0. The van der Waals surface area contributed by atoms with E-state index in [-0.39, 0.29) is 17.7 Å². The van der Waals surface area contributed by atoms with Crippen LogP contribution in [0.2, 0.25) is 0 Å². The molecule has 6 heteroatoms. The standard InChI is InChI=1S/C18H31NO5/c1-4-23-17(21)12-8-6-10-15(14(3)19)16(20)11-7-9-13-18(22)24-5-2/h4-13,19H2,1-3H3. The fourth-order valence-electron chi connectivity index (χ4n) is 2.30. The van der Waals surface area contributed by atoms with Gasteiger partial charge in [0.15, 0.2) is 5.78 Å². The van der Waals surface area contributed by atoms with E-state index in [4.69, 9.17) is 15.2 Å². The molecule has 0 atom stereocenters. The number of ether oxygens (including phenoxy) is 2. The van der Waals surface area contributed by atoms with Crippen LogP contribution in [0.25, 0.3) is 0 Å². The molecule has 0 rings (SSSR count). The van der Waals surface area contributed by atoms with Gasteiger partial charge in [-0.1, -0.05) is 0 Å². The molecule has 0 aromatic carbocycles. The highest BCUT2D eigenvalue weighted by molar-refractivity contribution is 5.95. The van der Waals surface area contributed by atoms with Crippen LogP contribution in [0.15, 0.2) is 11.3 Å². The molecule has 2 N–H and O–H groups in total. The van der Waals surface area contributed by atoms with E-state index >= 15 is 0 Å². The van der Waals surface area contributed by atoms with Crippen molar-refractivity contribution >= 4 is 17.7 Å². The molecule has 24 heavy (non-hydrogen) atoms. The van der Waals surface area contributed by atoms with Gasteiger partial charge in [0.1, 0.15) is 0 Å². The van der Waals surface area contributed by atoms with Gasteiger partial charge < -0.3 is 15.2 Å². The van der Waals surface area contributed by atoms with Crippen molar-refractivity contribution in [2.45, 2.75) is 72.1 Å². The molecule has 0 amide bonds. The van der Waals surface area contributed by atoms with Gasteiger partial charge >= 0.3 is 11.9 Å². The first-order valence-corrected chi connectivity index (χ1v) is 8.72.